The van der Waals surface area contributed by atoms with Crippen molar-refractivity contribution in [3.63, 3.8) is 0 Å². The molecule has 2 aromatic rings. The fourth-order valence-corrected chi connectivity index (χ4v) is 4.41. The Morgan fingerprint density at radius 3 is 3.00 bits per heavy atom. The summed E-state index contributed by atoms with van der Waals surface area (Å²) in [5.74, 6) is 0.958. The number of quaternary nitrogens is 1. The van der Waals surface area contributed by atoms with Crippen LogP contribution in [0.2, 0.25) is 0 Å². The molecule has 0 bridgehead atoms. The van der Waals surface area contributed by atoms with Crippen molar-refractivity contribution in [2.24, 2.45) is 5.92 Å². The number of carbonyl (C=O) groups is 1. The fraction of sp³-hybridized carbons (Fsp3) is 0.556. The second-order valence-electron chi connectivity index (χ2n) is 6.83. The zero-order valence-corrected chi connectivity index (χ0v) is 15.0. The molecular formula is C18H26N3OS+. The fourth-order valence-electron chi connectivity index (χ4n) is 3.35. The first kappa shape index (κ1) is 16.4. The number of hydrogen-bond donors (Lipinski definition) is 1. The summed E-state index contributed by atoms with van der Waals surface area (Å²) in [5.41, 5.74) is 1.02. The van der Waals surface area contributed by atoms with E-state index >= 15 is 0 Å². The number of nitrogens with one attached hydrogen (secondary N) is 1. The molecular weight excluding hydrogens is 306 g/mol. The molecule has 1 aliphatic heterocycles. The number of rotatable bonds is 4. The van der Waals surface area contributed by atoms with Crippen molar-refractivity contribution in [2.75, 3.05) is 26.7 Å². The zero-order chi connectivity index (χ0) is 16.4. The van der Waals surface area contributed by atoms with Gasteiger partial charge < -0.3 is 9.80 Å². The van der Waals surface area contributed by atoms with Gasteiger partial charge in [0, 0.05) is 13.0 Å². The maximum Gasteiger partial charge on any atom is 0.278 e. The lowest BCUT2D eigenvalue weighted by Crippen LogP contribution is -3.14. The van der Waals surface area contributed by atoms with Crippen LogP contribution in [0.15, 0.2) is 24.3 Å². The molecule has 5 heteroatoms. The third-order valence-corrected chi connectivity index (χ3v) is 6.11. The highest BCUT2D eigenvalue weighted by molar-refractivity contribution is 7.18. The van der Waals surface area contributed by atoms with E-state index in [9.17, 15) is 4.79 Å². The van der Waals surface area contributed by atoms with Gasteiger partial charge in [-0.1, -0.05) is 19.1 Å². The summed E-state index contributed by atoms with van der Waals surface area (Å²) in [6.45, 7) is 7.21. The Balaban J connectivity index is 1.66. The van der Waals surface area contributed by atoms with Crippen molar-refractivity contribution in [3.8, 4) is 0 Å². The van der Waals surface area contributed by atoms with Gasteiger partial charge in [0.05, 0.1) is 29.3 Å². The highest BCUT2D eigenvalue weighted by Gasteiger charge is 2.26. The lowest BCUT2D eigenvalue weighted by atomic mass is 10.0. The molecule has 1 amide bonds. The van der Waals surface area contributed by atoms with Gasteiger partial charge in [0.25, 0.3) is 5.91 Å². The number of likely N-dealkylation sites (N-methyl/N-ethyl adjacent to an activating group) is 1. The van der Waals surface area contributed by atoms with Crippen molar-refractivity contribution in [2.45, 2.75) is 32.7 Å². The summed E-state index contributed by atoms with van der Waals surface area (Å²) >= 11 is 1.69. The van der Waals surface area contributed by atoms with Crippen LogP contribution in [0.4, 0.5) is 0 Å². The summed E-state index contributed by atoms with van der Waals surface area (Å²) in [5, 5.41) is 1.02. The Kier molecular flexibility index (Phi) is 4.97. The number of para-hydroxylation sites is 1. The van der Waals surface area contributed by atoms with Crippen LogP contribution < -0.4 is 4.90 Å². The lowest BCUT2D eigenvalue weighted by molar-refractivity contribution is -0.900. The average molecular weight is 332 g/mol. The average Bonchev–Trinajstić information content (AvgIpc) is 2.97. The minimum Gasteiger partial charge on any atom is -0.332 e. The van der Waals surface area contributed by atoms with Crippen LogP contribution in [-0.2, 0) is 4.79 Å². The van der Waals surface area contributed by atoms with Crippen LogP contribution >= 0.6 is 11.3 Å². The Bertz CT molecular complexity index is 651. The molecule has 4 nitrogen and oxygen atoms in total. The van der Waals surface area contributed by atoms with Crippen LogP contribution in [0.5, 0.6) is 0 Å². The normalized spacial score (nSPS) is 22.9. The molecule has 23 heavy (non-hydrogen) atoms. The van der Waals surface area contributed by atoms with Crippen LogP contribution in [0, 0.1) is 5.92 Å². The number of piperidine rings is 1. The smallest absolute Gasteiger partial charge is 0.278 e. The Morgan fingerprint density at radius 2 is 2.26 bits per heavy atom. The SMILES string of the molecule is C[C@@H]1CCC[NH+](CC(=O)N(C)[C@@H](C)c2nc3ccccc3s2)C1. The number of carbonyl (C=O) groups excluding carboxylic acids is 1. The standard InChI is InChI=1S/C18H25N3OS/c1-13-7-6-10-21(11-13)12-17(22)20(3)14(2)18-19-15-8-4-5-9-16(15)23-18/h4-5,8-9,13-14H,6-7,10-12H2,1-3H3/p+1/t13-,14+/m1/s1. The minimum atomic E-state index is 0.0292. The number of aromatic nitrogens is 1. The van der Waals surface area contributed by atoms with Crippen LogP contribution in [0.3, 0.4) is 0 Å². The summed E-state index contributed by atoms with van der Waals surface area (Å²) in [6, 6.07) is 8.19. The van der Waals surface area contributed by atoms with Gasteiger partial charge in [-0.25, -0.2) is 4.98 Å². The van der Waals surface area contributed by atoms with Crippen LogP contribution in [0.1, 0.15) is 37.7 Å². The number of fused-ring (bicyclic) bond motifs is 1. The first-order chi connectivity index (χ1) is 11.0. The lowest BCUT2D eigenvalue weighted by Gasteiger charge is -2.30. The third-order valence-electron chi connectivity index (χ3n) is 4.91. The molecule has 0 spiro atoms. The van der Waals surface area contributed by atoms with E-state index in [1.807, 2.05) is 30.1 Å². The Morgan fingerprint density at radius 1 is 1.48 bits per heavy atom. The number of hydrogen-bond acceptors (Lipinski definition) is 3. The molecule has 1 fully saturated rings. The molecule has 2 heterocycles. The molecule has 0 radical (unpaired) electrons. The van der Waals surface area contributed by atoms with Crippen molar-refractivity contribution in [1.82, 2.24) is 9.88 Å². The number of amides is 1. The molecule has 0 aliphatic carbocycles. The predicted molar refractivity (Wildman–Crippen MR) is 94.8 cm³/mol. The van der Waals surface area contributed by atoms with Gasteiger partial charge in [-0.3, -0.25) is 4.79 Å². The topological polar surface area (TPSA) is 37.6 Å². The van der Waals surface area contributed by atoms with E-state index in [-0.39, 0.29) is 11.9 Å². The maximum atomic E-state index is 12.6. The number of nitrogens with zero attached hydrogens (tertiary/aromatic N) is 2. The van der Waals surface area contributed by atoms with E-state index in [1.165, 1.54) is 22.4 Å². The summed E-state index contributed by atoms with van der Waals surface area (Å²) in [7, 11) is 1.91. The van der Waals surface area contributed by atoms with E-state index in [0.29, 0.717) is 6.54 Å². The molecule has 1 unspecified atom stereocenters. The third kappa shape index (κ3) is 3.72. The number of benzene rings is 1. The highest BCUT2D eigenvalue weighted by atomic mass is 32.1. The molecule has 124 valence electrons. The van der Waals surface area contributed by atoms with Gasteiger partial charge in [0.1, 0.15) is 5.01 Å². The van der Waals surface area contributed by atoms with Gasteiger partial charge in [-0.15, -0.1) is 11.3 Å². The largest absolute Gasteiger partial charge is 0.332 e. The summed E-state index contributed by atoms with van der Waals surface area (Å²) < 4.78 is 1.19. The molecule has 1 saturated heterocycles. The molecule has 3 atom stereocenters. The van der Waals surface area contributed by atoms with Crippen molar-refractivity contribution >= 4 is 27.5 Å². The van der Waals surface area contributed by atoms with Crippen molar-refractivity contribution in [1.29, 1.82) is 0 Å². The first-order valence-electron chi connectivity index (χ1n) is 8.49. The van der Waals surface area contributed by atoms with E-state index < -0.39 is 0 Å². The number of thiazole rings is 1. The van der Waals surface area contributed by atoms with Gasteiger partial charge in [-0.05, 0) is 31.9 Å². The molecule has 1 aromatic heterocycles. The van der Waals surface area contributed by atoms with Crippen molar-refractivity contribution in [3.05, 3.63) is 29.3 Å². The molecule has 1 N–H and O–H groups in total. The van der Waals surface area contributed by atoms with Gasteiger partial charge >= 0.3 is 0 Å². The van der Waals surface area contributed by atoms with Gasteiger partial charge in [0.2, 0.25) is 0 Å². The predicted octanol–water partition coefficient (Wildman–Crippen LogP) is 2.13. The second kappa shape index (κ2) is 6.97. The van der Waals surface area contributed by atoms with E-state index in [4.69, 9.17) is 4.98 Å². The van der Waals surface area contributed by atoms with Gasteiger partial charge in [0.15, 0.2) is 6.54 Å². The summed E-state index contributed by atoms with van der Waals surface area (Å²) in [4.78, 5) is 20.6. The Labute approximate surface area is 142 Å². The Hall–Kier alpha value is -1.46. The minimum absolute atomic E-state index is 0.0292. The zero-order valence-electron chi connectivity index (χ0n) is 14.2. The maximum absolute atomic E-state index is 12.6. The summed E-state index contributed by atoms with van der Waals surface area (Å²) in [6.07, 6.45) is 2.54. The van der Waals surface area contributed by atoms with E-state index in [2.05, 4.69) is 19.9 Å². The molecule has 1 aliphatic rings. The van der Waals surface area contributed by atoms with E-state index in [1.54, 1.807) is 11.3 Å². The molecule has 1 aromatic carbocycles. The first-order valence-corrected chi connectivity index (χ1v) is 9.31. The van der Waals surface area contributed by atoms with Crippen LogP contribution in [0.25, 0.3) is 10.2 Å². The van der Waals surface area contributed by atoms with Crippen LogP contribution in [-0.4, -0.2) is 42.5 Å². The monoisotopic (exact) mass is 332 g/mol. The highest BCUT2D eigenvalue weighted by Crippen LogP contribution is 2.28. The number of likely N-dealkylation sites (tertiary alicyclic amines) is 1. The van der Waals surface area contributed by atoms with Gasteiger partial charge in [-0.2, -0.15) is 0 Å². The molecule has 3 rings (SSSR count). The second-order valence-corrected chi connectivity index (χ2v) is 7.89. The van der Waals surface area contributed by atoms with E-state index in [0.717, 1.165) is 29.5 Å². The van der Waals surface area contributed by atoms with Crippen molar-refractivity contribution < 1.29 is 9.69 Å². The quantitative estimate of drug-likeness (QED) is 0.931. The molecule has 0 saturated carbocycles.